The number of carbonyl (C=O) groups is 2. The smallest absolute Gasteiger partial charge is 0.288 e. The van der Waals surface area contributed by atoms with Crippen LogP contribution in [0.15, 0.2) is 60.0 Å². The number of H-pyrrole nitrogens is 1. The summed E-state index contributed by atoms with van der Waals surface area (Å²) in [6, 6.07) is 12.7. The first-order valence-corrected chi connectivity index (χ1v) is 8.34. The van der Waals surface area contributed by atoms with Crippen molar-refractivity contribution >= 4 is 23.6 Å². The third-order valence-electron chi connectivity index (χ3n) is 3.29. The fourth-order valence-electron chi connectivity index (χ4n) is 2.18. The van der Waals surface area contributed by atoms with Gasteiger partial charge in [-0.25, -0.2) is 4.98 Å². The Morgan fingerprint density at radius 1 is 1.08 bits per heavy atom. The highest BCUT2D eigenvalue weighted by Crippen LogP contribution is 2.21. The Bertz CT molecular complexity index is 843. The average Bonchev–Trinajstić information content (AvgIpc) is 3.29. The first-order chi connectivity index (χ1) is 11.7. The monoisotopic (exact) mass is 341 g/mol. The molecule has 0 spiro atoms. The number of nitrogens with zero attached hydrogens (tertiary/aromatic N) is 2. The number of aromatic nitrogens is 3. The van der Waals surface area contributed by atoms with Crippen LogP contribution in [-0.2, 0) is 0 Å². The summed E-state index contributed by atoms with van der Waals surface area (Å²) in [5, 5.41) is 0.682. The number of thioether (sulfide) groups is 1. The van der Waals surface area contributed by atoms with Crippen molar-refractivity contribution in [1.29, 1.82) is 0 Å². The molecule has 2 heterocycles. The fourth-order valence-corrected chi connectivity index (χ4v) is 2.73. The molecule has 3 aromatic rings. The van der Waals surface area contributed by atoms with Crippen LogP contribution >= 0.6 is 11.8 Å². The van der Waals surface area contributed by atoms with Gasteiger partial charge in [-0.05, 0) is 30.5 Å². The van der Waals surface area contributed by atoms with E-state index in [2.05, 4.69) is 20.8 Å². The number of aromatic amines is 1. The van der Waals surface area contributed by atoms with Crippen molar-refractivity contribution in [2.45, 2.75) is 5.16 Å². The van der Waals surface area contributed by atoms with Gasteiger partial charge >= 0.3 is 0 Å². The van der Waals surface area contributed by atoms with Gasteiger partial charge in [0.25, 0.3) is 11.8 Å². The number of hydrazine groups is 1. The highest BCUT2D eigenvalue weighted by Gasteiger charge is 2.18. The maximum atomic E-state index is 12.4. The maximum Gasteiger partial charge on any atom is 0.288 e. The summed E-state index contributed by atoms with van der Waals surface area (Å²) in [5.74, 6) is -0.879. The quantitative estimate of drug-likeness (QED) is 0.500. The van der Waals surface area contributed by atoms with Gasteiger partial charge < -0.3 is 4.98 Å². The highest BCUT2D eigenvalue weighted by atomic mass is 32.2. The molecule has 0 saturated heterocycles. The number of rotatable bonds is 4. The number of amides is 2. The first kappa shape index (κ1) is 15.9. The summed E-state index contributed by atoms with van der Waals surface area (Å²) in [7, 11) is 0. The minimum atomic E-state index is -0.452. The summed E-state index contributed by atoms with van der Waals surface area (Å²) < 4.78 is 1.74. The van der Waals surface area contributed by atoms with Gasteiger partial charge in [0.1, 0.15) is 11.4 Å². The molecule has 2 aromatic heterocycles. The number of imidazole rings is 1. The zero-order valence-corrected chi connectivity index (χ0v) is 13.6. The molecule has 0 saturated carbocycles. The third kappa shape index (κ3) is 3.18. The summed E-state index contributed by atoms with van der Waals surface area (Å²) in [6.45, 7) is 0. The minimum absolute atomic E-state index is 0.331. The van der Waals surface area contributed by atoms with Crippen LogP contribution in [-0.4, -0.2) is 32.6 Å². The van der Waals surface area contributed by atoms with E-state index in [0.717, 1.165) is 5.69 Å². The van der Waals surface area contributed by atoms with Gasteiger partial charge in [0.05, 0.1) is 6.20 Å². The van der Waals surface area contributed by atoms with E-state index in [4.69, 9.17) is 0 Å². The molecular formula is C16H15N5O2S. The molecule has 3 N–H and O–H groups in total. The second kappa shape index (κ2) is 7.05. The predicted octanol–water partition coefficient (Wildman–Crippen LogP) is 2.00. The number of benzene rings is 1. The van der Waals surface area contributed by atoms with Gasteiger partial charge in [0, 0.05) is 11.9 Å². The molecule has 122 valence electrons. The number of hydrogen-bond acceptors (Lipinski definition) is 4. The largest absolute Gasteiger partial charge is 0.357 e. The van der Waals surface area contributed by atoms with E-state index in [-0.39, 0.29) is 0 Å². The van der Waals surface area contributed by atoms with E-state index >= 15 is 0 Å². The molecule has 0 unspecified atom stereocenters. The van der Waals surface area contributed by atoms with Crippen LogP contribution in [0.1, 0.15) is 21.0 Å². The normalized spacial score (nSPS) is 10.4. The predicted molar refractivity (Wildman–Crippen MR) is 91.1 cm³/mol. The van der Waals surface area contributed by atoms with E-state index in [1.54, 1.807) is 22.9 Å². The van der Waals surface area contributed by atoms with Crippen LogP contribution < -0.4 is 10.9 Å². The standard InChI is InChI=1S/C16H15N5O2S/c1-24-16-18-10-13(21(16)11-6-3-2-4-7-11)15(23)20-19-14(22)12-8-5-9-17-12/h2-10,17H,1H3,(H,19,22)(H,20,23). The molecule has 8 heteroatoms. The Balaban J connectivity index is 1.80. The van der Waals surface area contributed by atoms with Crippen LogP contribution in [0.25, 0.3) is 5.69 Å². The Morgan fingerprint density at radius 2 is 1.83 bits per heavy atom. The van der Waals surface area contributed by atoms with Crippen molar-refractivity contribution in [2.24, 2.45) is 0 Å². The SMILES string of the molecule is CSc1ncc(C(=O)NNC(=O)c2ccc[nH]2)n1-c1ccccc1. The molecule has 7 nitrogen and oxygen atoms in total. The molecule has 0 aliphatic rings. The number of para-hydroxylation sites is 1. The topological polar surface area (TPSA) is 91.8 Å². The lowest BCUT2D eigenvalue weighted by atomic mass is 10.3. The van der Waals surface area contributed by atoms with Crippen LogP contribution in [0, 0.1) is 0 Å². The molecule has 3 rings (SSSR count). The summed E-state index contributed by atoms with van der Waals surface area (Å²) >= 11 is 1.43. The van der Waals surface area contributed by atoms with Crippen LogP contribution in [0.4, 0.5) is 0 Å². The van der Waals surface area contributed by atoms with E-state index in [0.29, 0.717) is 16.5 Å². The number of carbonyl (C=O) groups excluding carboxylic acids is 2. The van der Waals surface area contributed by atoms with Gasteiger partial charge in [-0.2, -0.15) is 0 Å². The zero-order valence-electron chi connectivity index (χ0n) is 12.8. The van der Waals surface area contributed by atoms with Gasteiger partial charge in [-0.3, -0.25) is 25.0 Å². The van der Waals surface area contributed by atoms with Crippen molar-refractivity contribution in [3.63, 3.8) is 0 Å². The second-order valence-corrected chi connectivity index (χ2v) is 5.57. The Hall–Kier alpha value is -3.00. The molecule has 0 bridgehead atoms. The van der Waals surface area contributed by atoms with Gasteiger partial charge in [0.2, 0.25) is 0 Å². The van der Waals surface area contributed by atoms with E-state index < -0.39 is 11.8 Å². The second-order valence-electron chi connectivity index (χ2n) is 4.79. The van der Waals surface area contributed by atoms with Gasteiger partial charge in [0.15, 0.2) is 5.16 Å². The van der Waals surface area contributed by atoms with Crippen molar-refractivity contribution < 1.29 is 9.59 Å². The summed E-state index contributed by atoms with van der Waals surface area (Å²) in [6.07, 6.45) is 5.00. The van der Waals surface area contributed by atoms with Crippen LogP contribution in [0.5, 0.6) is 0 Å². The Kier molecular flexibility index (Phi) is 4.66. The molecule has 1 aromatic carbocycles. The lowest BCUT2D eigenvalue weighted by Gasteiger charge is -2.11. The summed E-state index contributed by atoms with van der Waals surface area (Å²) in [4.78, 5) is 31.3. The lowest BCUT2D eigenvalue weighted by molar-refractivity contribution is 0.0840. The molecule has 2 amide bonds. The van der Waals surface area contributed by atoms with Gasteiger partial charge in [-0.1, -0.05) is 30.0 Å². The summed E-state index contributed by atoms with van der Waals surface area (Å²) in [5.41, 5.74) is 6.29. The molecule has 0 radical (unpaired) electrons. The molecule has 0 atom stereocenters. The molecule has 0 aliphatic carbocycles. The highest BCUT2D eigenvalue weighted by molar-refractivity contribution is 7.98. The van der Waals surface area contributed by atoms with Crippen molar-refractivity contribution in [3.05, 3.63) is 66.2 Å². The Morgan fingerprint density at radius 3 is 2.50 bits per heavy atom. The van der Waals surface area contributed by atoms with Gasteiger partial charge in [-0.15, -0.1) is 0 Å². The maximum absolute atomic E-state index is 12.4. The van der Waals surface area contributed by atoms with Crippen molar-refractivity contribution in [2.75, 3.05) is 6.26 Å². The number of nitrogens with one attached hydrogen (secondary N) is 3. The molecule has 0 aliphatic heterocycles. The van der Waals surface area contributed by atoms with Crippen LogP contribution in [0.3, 0.4) is 0 Å². The molecule has 24 heavy (non-hydrogen) atoms. The van der Waals surface area contributed by atoms with E-state index in [9.17, 15) is 9.59 Å². The molecular weight excluding hydrogens is 326 g/mol. The molecule has 0 fully saturated rings. The Labute approximate surface area is 142 Å². The van der Waals surface area contributed by atoms with E-state index in [1.165, 1.54) is 18.0 Å². The first-order valence-electron chi connectivity index (χ1n) is 7.12. The van der Waals surface area contributed by atoms with Crippen molar-refractivity contribution in [3.8, 4) is 5.69 Å². The van der Waals surface area contributed by atoms with Crippen LogP contribution in [0.2, 0.25) is 0 Å². The lowest BCUT2D eigenvalue weighted by Crippen LogP contribution is -2.42. The fraction of sp³-hybridized carbons (Fsp3) is 0.0625. The zero-order chi connectivity index (χ0) is 16.9. The van der Waals surface area contributed by atoms with Crippen molar-refractivity contribution in [1.82, 2.24) is 25.4 Å². The average molecular weight is 341 g/mol. The van der Waals surface area contributed by atoms with E-state index in [1.807, 2.05) is 36.6 Å². The minimum Gasteiger partial charge on any atom is -0.357 e. The third-order valence-corrected chi connectivity index (χ3v) is 3.94. The number of hydrogen-bond donors (Lipinski definition) is 3.